The highest BCUT2D eigenvalue weighted by molar-refractivity contribution is 7.22. The van der Waals surface area contributed by atoms with Crippen LogP contribution in [0, 0.1) is 0 Å². The summed E-state index contributed by atoms with van der Waals surface area (Å²) >= 11 is 1.34. The molecular weight excluding hydrogens is 380 g/mol. The van der Waals surface area contributed by atoms with Crippen LogP contribution in [0.5, 0.6) is 17.2 Å². The number of nitrogens with one attached hydrogen (secondary N) is 1. The van der Waals surface area contributed by atoms with E-state index in [0.29, 0.717) is 40.1 Å². The molecule has 1 N–H and O–H groups in total. The number of rotatable bonds is 6. The van der Waals surface area contributed by atoms with Gasteiger partial charge in [0.05, 0.1) is 31.0 Å². The topological polar surface area (TPSA) is 82.8 Å². The number of amides is 1. The third kappa shape index (κ3) is 3.22. The number of anilines is 1. The Morgan fingerprint density at radius 3 is 2.68 bits per heavy atom. The van der Waals surface area contributed by atoms with Gasteiger partial charge in [0.25, 0.3) is 5.91 Å². The second-order valence-corrected chi connectivity index (χ2v) is 6.90. The van der Waals surface area contributed by atoms with Gasteiger partial charge in [-0.15, -0.1) is 0 Å². The lowest BCUT2D eigenvalue weighted by Gasteiger charge is -2.05. The largest absolute Gasteiger partial charge is 0.493 e. The number of ether oxygens (including phenoxy) is 3. The maximum Gasteiger partial charge on any atom is 0.293 e. The summed E-state index contributed by atoms with van der Waals surface area (Å²) in [5, 5.41) is 4.05. The molecule has 0 unspecified atom stereocenters. The molecule has 2 aromatic carbocycles. The average molecular weight is 398 g/mol. The minimum Gasteiger partial charge on any atom is -0.493 e. The van der Waals surface area contributed by atoms with Crippen molar-refractivity contribution in [3.63, 3.8) is 0 Å². The molecule has 0 aliphatic heterocycles. The molecular formula is C20H18N2O5S. The normalized spacial score (nSPS) is 11.0. The number of nitrogens with zero attached hydrogens (tertiary/aromatic N) is 1. The molecule has 1 amide bonds. The number of furan rings is 1. The second-order valence-electron chi connectivity index (χ2n) is 5.87. The van der Waals surface area contributed by atoms with Gasteiger partial charge < -0.3 is 18.6 Å². The number of carbonyl (C=O) groups excluding carboxylic acids is 1. The summed E-state index contributed by atoms with van der Waals surface area (Å²) in [5.74, 6) is 1.61. The Hall–Kier alpha value is -3.26. The van der Waals surface area contributed by atoms with Crippen molar-refractivity contribution in [1.82, 2.24) is 4.98 Å². The van der Waals surface area contributed by atoms with E-state index in [-0.39, 0.29) is 11.7 Å². The van der Waals surface area contributed by atoms with E-state index in [1.807, 2.05) is 31.2 Å². The van der Waals surface area contributed by atoms with Crippen molar-refractivity contribution < 1.29 is 23.4 Å². The lowest BCUT2D eigenvalue weighted by atomic mass is 10.2. The van der Waals surface area contributed by atoms with Gasteiger partial charge in [-0.05, 0) is 19.1 Å². The molecule has 0 saturated heterocycles. The van der Waals surface area contributed by atoms with E-state index in [4.69, 9.17) is 18.6 Å². The second kappa shape index (κ2) is 7.40. The Morgan fingerprint density at radius 2 is 1.93 bits per heavy atom. The van der Waals surface area contributed by atoms with Gasteiger partial charge in [-0.3, -0.25) is 10.1 Å². The molecule has 0 atom stereocenters. The minimum atomic E-state index is -0.378. The summed E-state index contributed by atoms with van der Waals surface area (Å²) in [4.78, 5) is 17.1. The first-order valence-electron chi connectivity index (χ1n) is 8.62. The Labute approximate surface area is 164 Å². The number of hydrogen-bond donors (Lipinski definition) is 1. The van der Waals surface area contributed by atoms with Gasteiger partial charge in [-0.2, -0.15) is 0 Å². The van der Waals surface area contributed by atoms with E-state index in [1.54, 1.807) is 26.4 Å². The number of methoxy groups -OCH3 is 2. The van der Waals surface area contributed by atoms with Crippen molar-refractivity contribution in [1.29, 1.82) is 0 Å². The highest BCUT2D eigenvalue weighted by Crippen LogP contribution is 2.36. The van der Waals surface area contributed by atoms with E-state index < -0.39 is 0 Å². The highest BCUT2D eigenvalue weighted by atomic mass is 32.1. The average Bonchev–Trinajstić information content (AvgIpc) is 3.30. The zero-order valence-corrected chi connectivity index (χ0v) is 16.4. The molecule has 4 rings (SSSR count). The number of aromatic nitrogens is 1. The van der Waals surface area contributed by atoms with Gasteiger partial charge in [-0.1, -0.05) is 23.5 Å². The Morgan fingerprint density at radius 1 is 1.14 bits per heavy atom. The molecule has 7 nitrogen and oxygen atoms in total. The SMILES string of the molecule is CCOc1cccc2cc(C(=O)Nc3nc4cc(OC)c(OC)cc4s3)oc12. The van der Waals surface area contributed by atoms with Crippen LogP contribution in [0.2, 0.25) is 0 Å². The van der Waals surface area contributed by atoms with Crippen molar-refractivity contribution >= 4 is 43.6 Å². The minimum absolute atomic E-state index is 0.191. The lowest BCUT2D eigenvalue weighted by molar-refractivity contribution is 0.0998. The third-order valence-electron chi connectivity index (χ3n) is 4.15. The predicted molar refractivity (Wildman–Crippen MR) is 108 cm³/mol. The monoisotopic (exact) mass is 398 g/mol. The van der Waals surface area contributed by atoms with E-state index in [1.165, 1.54) is 11.3 Å². The van der Waals surface area contributed by atoms with E-state index in [0.717, 1.165) is 10.1 Å². The summed E-state index contributed by atoms with van der Waals surface area (Å²) in [7, 11) is 3.14. The summed E-state index contributed by atoms with van der Waals surface area (Å²) < 4.78 is 22.8. The van der Waals surface area contributed by atoms with E-state index >= 15 is 0 Å². The number of carbonyl (C=O) groups is 1. The van der Waals surface area contributed by atoms with Crippen LogP contribution in [0.1, 0.15) is 17.5 Å². The first-order valence-corrected chi connectivity index (χ1v) is 9.44. The van der Waals surface area contributed by atoms with Crippen molar-refractivity contribution in [3.05, 3.63) is 42.2 Å². The number of benzene rings is 2. The summed E-state index contributed by atoms with van der Waals surface area (Å²) in [6.07, 6.45) is 0. The van der Waals surface area contributed by atoms with Crippen LogP contribution >= 0.6 is 11.3 Å². The fourth-order valence-electron chi connectivity index (χ4n) is 2.88. The van der Waals surface area contributed by atoms with Crippen molar-refractivity contribution in [2.45, 2.75) is 6.92 Å². The number of fused-ring (bicyclic) bond motifs is 2. The van der Waals surface area contributed by atoms with Gasteiger partial charge in [0.1, 0.15) is 0 Å². The van der Waals surface area contributed by atoms with Gasteiger partial charge >= 0.3 is 0 Å². The Bertz CT molecular complexity index is 1120. The molecule has 0 aliphatic rings. The first kappa shape index (κ1) is 18.1. The molecule has 0 radical (unpaired) electrons. The predicted octanol–water partition coefficient (Wildman–Crippen LogP) is 4.71. The van der Waals surface area contributed by atoms with Crippen LogP contribution in [0.3, 0.4) is 0 Å². The Kier molecular flexibility index (Phi) is 4.79. The van der Waals surface area contributed by atoms with Crippen LogP contribution in [-0.4, -0.2) is 31.7 Å². The van der Waals surface area contributed by atoms with Crippen LogP contribution < -0.4 is 19.5 Å². The summed E-state index contributed by atoms with van der Waals surface area (Å²) in [6, 6.07) is 10.8. The fraction of sp³-hybridized carbons (Fsp3) is 0.200. The van der Waals surface area contributed by atoms with Crippen LogP contribution in [0.15, 0.2) is 40.8 Å². The molecule has 28 heavy (non-hydrogen) atoms. The molecule has 0 bridgehead atoms. The molecule has 0 saturated carbocycles. The lowest BCUT2D eigenvalue weighted by Crippen LogP contribution is -2.10. The van der Waals surface area contributed by atoms with Crippen LogP contribution in [-0.2, 0) is 0 Å². The van der Waals surface area contributed by atoms with E-state index in [2.05, 4.69) is 10.3 Å². The fourth-order valence-corrected chi connectivity index (χ4v) is 3.76. The number of hydrogen-bond acceptors (Lipinski definition) is 7. The van der Waals surface area contributed by atoms with Crippen molar-refractivity contribution in [2.24, 2.45) is 0 Å². The molecule has 2 aromatic heterocycles. The first-order chi connectivity index (χ1) is 13.6. The zero-order chi connectivity index (χ0) is 19.7. The summed E-state index contributed by atoms with van der Waals surface area (Å²) in [5.41, 5.74) is 1.26. The summed E-state index contributed by atoms with van der Waals surface area (Å²) in [6.45, 7) is 2.41. The molecule has 0 spiro atoms. The molecule has 8 heteroatoms. The van der Waals surface area contributed by atoms with E-state index in [9.17, 15) is 4.79 Å². The van der Waals surface area contributed by atoms with Gasteiger partial charge in [0, 0.05) is 17.5 Å². The van der Waals surface area contributed by atoms with Crippen molar-refractivity contribution in [2.75, 3.05) is 26.1 Å². The molecule has 0 aliphatic carbocycles. The van der Waals surface area contributed by atoms with Crippen molar-refractivity contribution in [3.8, 4) is 17.2 Å². The maximum atomic E-state index is 12.6. The van der Waals surface area contributed by atoms with Crippen LogP contribution in [0.25, 0.3) is 21.2 Å². The molecule has 0 fully saturated rings. The number of thiazole rings is 1. The third-order valence-corrected chi connectivity index (χ3v) is 5.08. The van der Waals surface area contributed by atoms with Gasteiger partial charge in [0.2, 0.25) is 0 Å². The quantitative estimate of drug-likeness (QED) is 0.506. The Balaban J connectivity index is 1.63. The van der Waals surface area contributed by atoms with Crippen LogP contribution in [0.4, 0.5) is 5.13 Å². The number of para-hydroxylation sites is 1. The molecule has 2 heterocycles. The maximum absolute atomic E-state index is 12.6. The smallest absolute Gasteiger partial charge is 0.293 e. The zero-order valence-electron chi connectivity index (χ0n) is 15.6. The molecule has 4 aromatic rings. The van der Waals surface area contributed by atoms with Gasteiger partial charge in [0.15, 0.2) is 33.7 Å². The highest BCUT2D eigenvalue weighted by Gasteiger charge is 2.17. The molecule has 144 valence electrons. The van der Waals surface area contributed by atoms with Gasteiger partial charge in [-0.25, -0.2) is 4.98 Å². The standard InChI is InChI=1S/C20H18N2O5S/c1-4-26-13-7-5-6-11-8-16(27-18(11)13)19(23)22-20-21-12-9-14(24-2)15(25-3)10-17(12)28-20/h5-10H,4H2,1-3H3,(H,21,22,23).